The van der Waals surface area contributed by atoms with Crippen LogP contribution in [-0.4, -0.2) is 40.4 Å². The molecule has 2 aromatic rings. The largest absolute Gasteiger partial charge is 0.493 e. The zero-order valence-corrected chi connectivity index (χ0v) is 16.7. The average molecular weight is 409 g/mol. The summed E-state index contributed by atoms with van der Waals surface area (Å²) in [6.45, 7) is -2.57. The van der Waals surface area contributed by atoms with Gasteiger partial charge in [-0.3, -0.25) is 4.79 Å². The van der Waals surface area contributed by atoms with Gasteiger partial charge < -0.3 is 24.3 Å². The lowest BCUT2D eigenvalue weighted by molar-refractivity contribution is -0.121. The van der Waals surface area contributed by atoms with Crippen molar-refractivity contribution >= 4 is 5.91 Å². The summed E-state index contributed by atoms with van der Waals surface area (Å²) < 4.78 is 45.1. The molecule has 6 nitrogen and oxygen atoms in total. The van der Waals surface area contributed by atoms with Gasteiger partial charge in [0.15, 0.2) is 23.0 Å². The first-order valence-corrected chi connectivity index (χ1v) is 9.06. The maximum absolute atomic E-state index is 12.5. The van der Waals surface area contributed by atoms with Crippen molar-refractivity contribution in [1.82, 2.24) is 5.32 Å². The van der Waals surface area contributed by atoms with E-state index in [1.807, 2.05) is 12.1 Å². The highest BCUT2D eigenvalue weighted by Crippen LogP contribution is 2.31. The van der Waals surface area contributed by atoms with E-state index in [9.17, 15) is 13.6 Å². The van der Waals surface area contributed by atoms with Crippen LogP contribution in [0, 0.1) is 0 Å². The predicted octanol–water partition coefficient (Wildman–Crippen LogP) is 3.61. The van der Waals surface area contributed by atoms with E-state index in [0.29, 0.717) is 30.9 Å². The average Bonchev–Trinajstić information content (AvgIpc) is 2.71. The Bertz CT molecular complexity index is 814. The molecule has 0 fully saturated rings. The van der Waals surface area contributed by atoms with Crippen LogP contribution in [0.1, 0.15) is 17.5 Å². The number of benzene rings is 2. The van der Waals surface area contributed by atoms with Crippen LogP contribution < -0.4 is 24.3 Å². The van der Waals surface area contributed by atoms with Gasteiger partial charge in [-0.1, -0.05) is 18.2 Å². The molecule has 158 valence electrons. The van der Waals surface area contributed by atoms with Crippen LogP contribution in [0.15, 0.2) is 36.4 Å². The van der Waals surface area contributed by atoms with Gasteiger partial charge in [-0.2, -0.15) is 8.78 Å². The molecule has 0 heterocycles. The van der Waals surface area contributed by atoms with E-state index in [1.165, 1.54) is 13.2 Å². The number of rotatable bonds is 11. The fraction of sp³-hybridized carbons (Fsp3) is 0.381. The Hall–Kier alpha value is -3.03. The number of amides is 1. The van der Waals surface area contributed by atoms with E-state index >= 15 is 0 Å². The van der Waals surface area contributed by atoms with Gasteiger partial charge in [0.2, 0.25) is 5.91 Å². The van der Waals surface area contributed by atoms with E-state index in [0.717, 1.165) is 11.1 Å². The van der Waals surface area contributed by atoms with E-state index in [2.05, 4.69) is 10.1 Å². The third-order valence-electron chi connectivity index (χ3n) is 4.29. The van der Waals surface area contributed by atoms with Gasteiger partial charge in [-0.15, -0.1) is 0 Å². The lowest BCUT2D eigenvalue weighted by atomic mass is 10.1. The second-order valence-electron chi connectivity index (χ2n) is 6.12. The normalized spacial score (nSPS) is 10.6. The molecule has 0 bridgehead atoms. The molecule has 29 heavy (non-hydrogen) atoms. The van der Waals surface area contributed by atoms with Crippen LogP contribution in [0.2, 0.25) is 0 Å². The summed E-state index contributed by atoms with van der Waals surface area (Å²) in [5.74, 6) is 1.31. The number of halogens is 2. The number of hydrogen-bond donors (Lipinski definition) is 1. The molecule has 2 rings (SSSR count). The number of ether oxygens (including phenoxy) is 4. The van der Waals surface area contributed by atoms with E-state index in [1.54, 1.807) is 32.4 Å². The van der Waals surface area contributed by atoms with Crippen molar-refractivity contribution in [2.75, 3.05) is 27.9 Å². The maximum atomic E-state index is 12.5. The Morgan fingerprint density at radius 3 is 2.38 bits per heavy atom. The van der Waals surface area contributed by atoms with Crippen molar-refractivity contribution in [3.05, 3.63) is 47.5 Å². The van der Waals surface area contributed by atoms with Crippen LogP contribution in [0.5, 0.6) is 23.0 Å². The highest BCUT2D eigenvalue weighted by atomic mass is 19.3. The van der Waals surface area contributed by atoms with Crippen molar-refractivity contribution in [1.29, 1.82) is 0 Å². The van der Waals surface area contributed by atoms with Crippen LogP contribution in [0.25, 0.3) is 0 Å². The van der Waals surface area contributed by atoms with Crippen LogP contribution in [0.3, 0.4) is 0 Å². The summed E-state index contributed by atoms with van der Waals surface area (Å²) in [6, 6.07) is 10.3. The van der Waals surface area contributed by atoms with Gasteiger partial charge in [-0.25, -0.2) is 0 Å². The van der Waals surface area contributed by atoms with Gasteiger partial charge in [-0.05, 0) is 42.2 Å². The topological polar surface area (TPSA) is 66.0 Å². The maximum Gasteiger partial charge on any atom is 0.387 e. The molecule has 1 N–H and O–H groups in total. The fourth-order valence-electron chi connectivity index (χ4n) is 2.90. The molecule has 2 aromatic carbocycles. The van der Waals surface area contributed by atoms with E-state index in [4.69, 9.17) is 14.2 Å². The molecule has 0 saturated carbocycles. The quantitative estimate of drug-likeness (QED) is 0.614. The molecule has 0 aromatic heterocycles. The Labute approximate surface area is 168 Å². The molecule has 0 aliphatic rings. The monoisotopic (exact) mass is 409 g/mol. The first-order chi connectivity index (χ1) is 14.0. The smallest absolute Gasteiger partial charge is 0.387 e. The number of carbonyl (C=O) groups excluding carboxylic acids is 1. The summed E-state index contributed by atoms with van der Waals surface area (Å²) in [5.41, 5.74) is 1.63. The van der Waals surface area contributed by atoms with Gasteiger partial charge in [0.05, 0.1) is 21.3 Å². The standard InChI is InChI=1S/C21H25F2NO5/c1-26-16-9-7-14(13-18(16)29-21(22)23)11-12-24-19(25)10-8-15-5-4-6-17(27-2)20(15)28-3/h4-7,9,13,21H,8,10-12H2,1-3H3,(H,24,25). The lowest BCUT2D eigenvalue weighted by Gasteiger charge is -2.13. The molecule has 1 amide bonds. The Morgan fingerprint density at radius 2 is 1.72 bits per heavy atom. The number of hydrogen-bond acceptors (Lipinski definition) is 5. The van der Waals surface area contributed by atoms with Crippen molar-refractivity contribution < 1.29 is 32.5 Å². The van der Waals surface area contributed by atoms with Crippen molar-refractivity contribution in [3.63, 3.8) is 0 Å². The number of alkyl halides is 2. The molecule has 0 unspecified atom stereocenters. The van der Waals surface area contributed by atoms with Gasteiger partial charge >= 0.3 is 6.61 Å². The SMILES string of the molecule is COc1ccc(CCNC(=O)CCc2cccc(OC)c2OC)cc1OC(F)F. The molecular formula is C21H25F2NO5. The highest BCUT2D eigenvalue weighted by Gasteiger charge is 2.13. The molecule has 0 saturated heterocycles. The number of methoxy groups -OCH3 is 3. The molecule has 0 atom stereocenters. The van der Waals surface area contributed by atoms with Crippen molar-refractivity contribution in [2.45, 2.75) is 25.9 Å². The molecular weight excluding hydrogens is 384 g/mol. The number of nitrogens with one attached hydrogen (secondary N) is 1. The van der Waals surface area contributed by atoms with Crippen molar-refractivity contribution in [2.24, 2.45) is 0 Å². The number of para-hydroxylation sites is 1. The fourth-order valence-corrected chi connectivity index (χ4v) is 2.90. The van der Waals surface area contributed by atoms with Crippen LogP contribution in [0.4, 0.5) is 8.78 Å². The van der Waals surface area contributed by atoms with Crippen molar-refractivity contribution in [3.8, 4) is 23.0 Å². The Kier molecular flexibility index (Phi) is 8.51. The minimum atomic E-state index is -2.94. The van der Waals surface area contributed by atoms with Crippen LogP contribution >= 0.6 is 0 Å². The molecule has 0 aliphatic heterocycles. The lowest BCUT2D eigenvalue weighted by Crippen LogP contribution is -2.26. The first-order valence-electron chi connectivity index (χ1n) is 9.06. The highest BCUT2D eigenvalue weighted by molar-refractivity contribution is 5.76. The summed E-state index contributed by atoms with van der Waals surface area (Å²) in [7, 11) is 4.50. The van der Waals surface area contributed by atoms with E-state index in [-0.39, 0.29) is 23.8 Å². The third-order valence-corrected chi connectivity index (χ3v) is 4.29. The third kappa shape index (κ3) is 6.51. The van der Waals surface area contributed by atoms with Gasteiger partial charge in [0.25, 0.3) is 0 Å². The summed E-state index contributed by atoms with van der Waals surface area (Å²) in [6.07, 6.45) is 1.25. The molecule has 0 radical (unpaired) electrons. The minimum absolute atomic E-state index is 0.0311. The summed E-state index contributed by atoms with van der Waals surface area (Å²) >= 11 is 0. The number of carbonyl (C=O) groups is 1. The summed E-state index contributed by atoms with van der Waals surface area (Å²) in [5, 5.41) is 2.83. The molecule has 0 aliphatic carbocycles. The Balaban J connectivity index is 1.86. The Morgan fingerprint density at radius 1 is 0.966 bits per heavy atom. The second-order valence-corrected chi connectivity index (χ2v) is 6.12. The predicted molar refractivity (Wildman–Crippen MR) is 104 cm³/mol. The second kappa shape index (κ2) is 11.1. The van der Waals surface area contributed by atoms with Crippen LogP contribution in [-0.2, 0) is 17.6 Å². The summed E-state index contributed by atoms with van der Waals surface area (Å²) in [4.78, 5) is 12.1. The molecule has 8 heteroatoms. The number of aryl methyl sites for hydroxylation is 1. The van der Waals surface area contributed by atoms with E-state index < -0.39 is 6.61 Å². The zero-order chi connectivity index (χ0) is 21.2. The zero-order valence-electron chi connectivity index (χ0n) is 16.7. The van der Waals surface area contributed by atoms with Gasteiger partial charge in [0.1, 0.15) is 0 Å². The first kappa shape index (κ1) is 22.3. The van der Waals surface area contributed by atoms with Gasteiger partial charge in [0, 0.05) is 13.0 Å². The molecule has 0 spiro atoms. The minimum Gasteiger partial charge on any atom is -0.493 e.